The Hall–Kier alpha value is -1.82. The van der Waals surface area contributed by atoms with E-state index in [4.69, 9.17) is 0 Å². The zero-order chi connectivity index (χ0) is 18.5. The quantitative estimate of drug-likeness (QED) is 0.506. The maximum Gasteiger partial charge on any atom is -0.0184 e. The first-order valence-electron chi connectivity index (χ1n) is 11.2. The predicted octanol–water partition coefficient (Wildman–Crippen LogP) is 8.14. The maximum absolute atomic E-state index is 2.56. The maximum atomic E-state index is 2.56. The van der Waals surface area contributed by atoms with E-state index in [0.29, 0.717) is 0 Å². The van der Waals surface area contributed by atoms with Gasteiger partial charge in [-0.25, -0.2) is 0 Å². The molecular weight excluding hydrogens is 324 g/mol. The van der Waals surface area contributed by atoms with Crippen molar-refractivity contribution in [1.29, 1.82) is 0 Å². The van der Waals surface area contributed by atoms with Gasteiger partial charge in [-0.2, -0.15) is 0 Å². The summed E-state index contributed by atoms with van der Waals surface area (Å²) in [6, 6.07) is 19.9. The molecule has 1 atom stereocenters. The molecule has 2 aliphatic carbocycles. The average molecular weight is 359 g/mol. The highest BCUT2D eigenvalue weighted by atomic mass is 14.3. The summed E-state index contributed by atoms with van der Waals surface area (Å²) in [5.74, 6) is 2.97. The van der Waals surface area contributed by atoms with Crippen LogP contribution in [0.3, 0.4) is 0 Å². The summed E-state index contributed by atoms with van der Waals surface area (Å²) in [7, 11) is 0. The SMILES string of the molecule is CCC[C@H]1CC[C@H](C2CC=C(c3ccc(-c4ccccc4)cc3)CC2)CC1. The largest absolute Gasteiger partial charge is 0.0804 e. The van der Waals surface area contributed by atoms with Crippen LogP contribution in [0.4, 0.5) is 0 Å². The molecule has 0 amide bonds. The molecule has 0 nitrogen and oxygen atoms in total. The van der Waals surface area contributed by atoms with Crippen molar-refractivity contribution in [3.8, 4) is 11.1 Å². The van der Waals surface area contributed by atoms with E-state index in [9.17, 15) is 0 Å². The van der Waals surface area contributed by atoms with Crippen molar-refractivity contribution >= 4 is 5.57 Å². The monoisotopic (exact) mass is 358 g/mol. The normalized spacial score (nSPS) is 25.8. The molecule has 0 bridgehead atoms. The Kier molecular flexibility index (Phi) is 6.12. The van der Waals surface area contributed by atoms with Crippen LogP contribution < -0.4 is 0 Å². The molecule has 2 aromatic carbocycles. The Morgan fingerprint density at radius 2 is 1.37 bits per heavy atom. The molecule has 2 aromatic rings. The number of hydrogen-bond acceptors (Lipinski definition) is 0. The molecule has 0 heteroatoms. The van der Waals surface area contributed by atoms with Gasteiger partial charge < -0.3 is 0 Å². The third kappa shape index (κ3) is 4.54. The van der Waals surface area contributed by atoms with Gasteiger partial charge in [-0.05, 0) is 72.1 Å². The molecule has 0 N–H and O–H groups in total. The van der Waals surface area contributed by atoms with E-state index in [1.807, 2.05) is 0 Å². The van der Waals surface area contributed by atoms with Gasteiger partial charge in [-0.1, -0.05) is 93.3 Å². The van der Waals surface area contributed by atoms with Crippen molar-refractivity contribution in [2.75, 3.05) is 0 Å². The van der Waals surface area contributed by atoms with E-state index in [-0.39, 0.29) is 0 Å². The molecule has 1 saturated carbocycles. The lowest BCUT2D eigenvalue weighted by Crippen LogP contribution is -2.23. The Bertz CT molecular complexity index is 729. The van der Waals surface area contributed by atoms with E-state index >= 15 is 0 Å². The number of benzene rings is 2. The van der Waals surface area contributed by atoms with Gasteiger partial charge >= 0.3 is 0 Å². The van der Waals surface area contributed by atoms with Crippen molar-refractivity contribution in [2.24, 2.45) is 17.8 Å². The molecule has 0 aromatic heterocycles. The highest BCUT2D eigenvalue weighted by Crippen LogP contribution is 2.42. The Balaban J connectivity index is 1.35. The van der Waals surface area contributed by atoms with Crippen LogP contribution in [0.1, 0.15) is 70.3 Å². The summed E-state index contributed by atoms with van der Waals surface area (Å²) < 4.78 is 0. The number of hydrogen-bond donors (Lipinski definition) is 0. The second kappa shape index (κ2) is 8.91. The highest BCUT2D eigenvalue weighted by Gasteiger charge is 2.28. The Labute approximate surface area is 165 Å². The minimum atomic E-state index is 0.944. The Morgan fingerprint density at radius 1 is 0.704 bits per heavy atom. The van der Waals surface area contributed by atoms with E-state index in [2.05, 4.69) is 67.6 Å². The molecule has 4 rings (SSSR count). The fourth-order valence-corrected chi connectivity index (χ4v) is 5.41. The smallest absolute Gasteiger partial charge is 0.0184 e. The predicted molar refractivity (Wildman–Crippen MR) is 118 cm³/mol. The molecule has 0 aliphatic heterocycles. The van der Waals surface area contributed by atoms with Crippen molar-refractivity contribution in [3.05, 3.63) is 66.2 Å². The molecular formula is C27H34. The van der Waals surface area contributed by atoms with E-state index < -0.39 is 0 Å². The third-order valence-electron chi connectivity index (χ3n) is 7.07. The second-order valence-electron chi connectivity index (χ2n) is 8.78. The van der Waals surface area contributed by atoms with Crippen LogP contribution in [-0.4, -0.2) is 0 Å². The molecule has 142 valence electrons. The lowest BCUT2D eigenvalue weighted by molar-refractivity contribution is 0.189. The van der Waals surface area contributed by atoms with Gasteiger partial charge in [0.15, 0.2) is 0 Å². The van der Waals surface area contributed by atoms with E-state index in [0.717, 1.165) is 17.8 Å². The zero-order valence-corrected chi connectivity index (χ0v) is 16.9. The number of rotatable bonds is 5. The number of allylic oxidation sites excluding steroid dienone is 2. The molecule has 27 heavy (non-hydrogen) atoms. The second-order valence-corrected chi connectivity index (χ2v) is 8.78. The van der Waals surface area contributed by atoms with Crippen molar-refractivity contribution < 1.29 is 0 Å². The minimum Gasteiger partial charge on any atom is -0.0804 e. The van der Waals surface area contributed by atoms with Gasteiger partial charge in [-0.15, -0.1) is 0 Å². The topological polar surface area (TPSA) is 0 Å². The summed E-state index contributed by atoms with van der Waals surface area (Å²) in [6.45, 7) is 2.34. The van der Waals surface area contributed by atoms with Crippen LogP contribution in [0.5, 0.6) is 0 Å². The summed E-state index contributed by atoms with van der Waals surface area (Å²) >= 11 is 0. The van der Waals surface area contributed by atoms with E-state index in [1.54, 1.807) is 5.57 Å². The fraction of sp³-hybridized carbons (Fsp3) is 0.481. The van der Waals surface area contributed by atoms with Crippen LogP contribution in [0.25, 0.3) is 16.7 Å². The highest BCUT2D eigenvalue weighted by molar-refractivity contribution is 5.70. The average Bonchev–Trinajstić information content (AvgIpc) is 2.75. The Morgan fingerprint density at radius 3 is 2.00 bits per heavy atom. The molecule has 1 unspecified atom stereocenters. The standard InChI is InChI=1S/C27H34/c1-2-6-21-9-11-23(12-10-21)25-17-19-27(20-18-25)26-15-13-24(14-16-26)22-7-4-3-5-8-22/h3-5,7-8,13-16,19,21,23,25H,2,6,9-12,17-18,20H2,1H3/t21-,23-,25?. The first-order valence-corrected chi connectivity index (χ1v) is 11.2. The van der Waals surface area contributed by atoms with Crippen LogP contribution in [0.2, 0.25) is 0 Å². The first-order chi connectivity index (χ1) is 13.3. The summed E-state index contributed by atoms with van der Waals surface area (Å²) in [5, 5.41) is 0. The van der Waals surface area contributed by atoms with Crippen LogP contribution >= 0.6 is 0 Å². The van der Waals surface area contributed by atoms with Gasteiger partial charge in [0.1, 0.15) is 0 Å². The van der Waals surface area contributed by atoms with Gasteiger partial charge in [0.05, 0.1) is 0 Å². The molecule has 0 saturated heterocycles. The molecule has 0 heterocycles. The molecule has 2 aliphatic rings. The minimum absolute atomic E-state index is 0.944. The third-order valence-corrected chi connectivity index (χ3v) is 7.07. The molecule has 0 radical (unpaired) electrons. The van der Waals surface area contributed by atoms with Crippen molar-refractivity contribution in [1.82, 2.24) is 0 Å². The van der Waals surface area contributed by atoms with Crippen LogP contribution in [-0.2, 0) is 0 Å². The van der Waals surface area contributed by atoms with Gasteiger partial charge in [-0.3, -0.25) is 0 Å². The van der Waals surface area contributed by atoms with E-state index in [1.165, 1.54) is 74.5 Å². The van der Waals surface area contributed by atoms with Gasteiger partial charge in [0.25, 0.3) is 0 Å². The fourth-order valence-electron chi connectivity index (χ4n) is 5.41. The summed E-state index contributed by atoms with van der Waals surface area (Å²) in [4.78, 5) is 0. The molecule has 1 fully saturated rings. The van der Waals surface area contributed by atoms with Crippen molar-refractivity contribution in [2.45, 2.75) is 64.7 Å². The first kappa shape index (κ1) is 18.5. The lowest BCUT2D eigenvalue weighted by atomic mass is 9.70. The summed E-state index contributed by atoms with van der Waals surface area (Å²) in [5.41, 5.74) is 5.63. The molecule has 0 spiro atoms. The zero-order valence-electron chi connectivity index (χ0n) is 16.9. The lowest BCUT2D eigenvalue weighted by Gasteiger charge is -2.35. The van der Waals surface area contributed by atoms with Crippen LogP contribution in [0, 0.1) is 17.8 Å². The summed E-state index contributed by atoms with van der Waals surface area (Å²) in [6.07, 6.45) is 15.3. The van der Waals surface area contributed by atoms with Gasteiger partial charge in [0, 0.05) is 0 Å². The van der Waals surface area contributed by atoms with Gasteiger partial charge in [0.2, 0.25) is 0 Å². The van der Waals surface area contributed by atoms with Crippen LogP contribution in [0.15, 0.2) is 60.7 Å². The van der Waals surface area contributed by atoms with Crippen molar-refractivity contribution in [3.63, 3.8) is 0 Å².